The van der Waals surface area contributed by atoms with Crippen molar-refractivity contribution < 1.29 is 9.47 Å². The molecule has 1 saturated carbocycles. The lowest BCUT2D eigenvalue weighted by Gasteiger charge is -2.44. The van der Waals surface area contributed by atoms with Gasteiger partial charge in [-0.1, -0.05) is 19.8 Å². The van der Waals surface area contributed by atoms with Crippen molar-refractivity contribution in [1.29, 1.82) is 0 Å². The molecule has 1 N–H and O–H groups in total. The van der Waals surface area contributed by atoms with E-state index in [1.54, 1.807) is 7.11 Å². The van der Waals surface area contributed by atoms with E-state index in [0.29, 0.717) is 6.04 Å². The minimum Gasteiger partial charge on any atom is -0.385 e. The van der Waals surface area contributed by atoms with Gasteiger partial charge in [0.25, 0.3) is 0 Å². The molecule has 3 atom stereocenters. The van der Waals surface area contributed by atoms with Gasteiger partial charge in [-0.05, 0) is 38.0 Å². The molecule has 3 unspecified atom stereocenters. The molecular weight excluding hydrogens is 226 g/mol. The first-order valence-corrected chi connectivity index (χ1v) is 7.63. The van der Waals surface area contributed by atoms with Gasteiger partial charge < -0.3 is 14.8 Å². The summed E-state index contributed by atoms with van der Waals surface area (Å²) in [6.07, 6.45) is 8.81. The molecule has 0 radical (unpaired) electrons. The summed E-state index contributed by atoms with van der Waals surface area (Å²) in [7, 11) is 1.79. The third kappa shape index (κ3) is 3.46. The molecule has 3 heteroatoms. The Kier molecular flexibility index (Phi) is 5.46. The number of morpholine rings is 1. The maximum Gasteiger partial charge on any atom is 0.0835 e. The van der Waals surface area contributed by atoms with Crippen LogP contribution in [-0.2, 0) is 9.47 Å². The predicted molar refractivity (Wildman–Crippen MR) is 73.8 cm³/mol. The Morgan fingerprint density at radius 3 is 3.06 bits per heavy atom. The van der Waals surface area contributed by atoms with Gasteiger partial charge in [0.05, 0.1) is 12.2 Å². The van der Waals surface area contributed by atoms with Crippen LogP contribution in [0.4, 0.5) is 0 Å². The van der Waals surface area contributed by atoms with E-state index in [1.807, 2.05) is 0 Å². The molecule has 0 aromatic carbocycles. The SMILES string of the molecule is COCCCC1NCCOC12CCCC(C)CC2. The number of nitrogens with one attached hydrogen (secondary N) is 1. The Morgan fingerprint density at radius 1 is 1.33 bits per heavy atom. The highest BCUT2D eigenvalue weighted by atomic mass is 16.5. The second-order valence-corrected chi connectivity index (χ2v) is 6.09. The third-order valence-corrected chi connectivity index (χ3v) is 4.72. The molecule has 1 aliphatic heterocycles. The number of methoxy groups -OCH3 is 1. The highest BCUT2D eigenvalue weighted by Crippen LogP contribution is 2.38. The van der Waals surface area contributed by atoms with Gasteiger partial charge in [-0.15, -0.1) is 0 Å². The van der Waals surface area contributed by atoms with Crippen molar-refractivity contribution in [3.63, 3.8) is 0 Å². The quantitative estimate of drug-likeness (QED) is 0.784. The van der Waals surface area contributed by atoms with E-state index in [4.69, 9.17) is 9.47 Å². The summed E-state index contributed by atoms with van der Waals surface area (Å²) < 4.78 is 11.5. The summed E-state index contributed by atoms with van der Waals surface area (Å²) in [5.74, 6) is 0.870. The fraction of sp³-hybridized carbons (Fsp3) is 1.00. The van der Waals surface area contributed by atoms with Crippen LogP contribution in [0.1, 0.15) is 51.9 Å². The van der Waals surface area contributed by atoms with Crippen LogP contribution in [0.15, 0.2) is 0 Å². The molecule has 18 heavy (non-hydrogen) atoms. The van der Waals surface area contributed by atoms with Crippen molar-refractivity contribution in [3.8, 4) is 0 Å². The van der Waals surface area contributed by atoms with Crippen molar-refractivity contribution in [2.75, 3.05) is 26.9 Å². The number of rotatable bonds is 4. The van der Waals surface area contributed by atoms with Gasteiger partial charge in [-0.25, -0.2) is 0 Å². The molecule has 1 aliphatic carbocycles. The van der Waals surface area contributed by atoms with Crippen LogP contribution < -0.4 is 5.32 Å². The molecule has 0 amide bonds. The lowest BCUT2D eigenvalue weighted by molar-refractivity contribution is -0.109. The fourth-order valence-corrected chi connectivity index (χ4v) is 3.57. The normalized spacial score (nSPS) is 37.7. The topological polar surface area (TPSA) is 30.5 Å². The lowest BCUT2D eigenvalue weighted by atomic mass is 9.82. The van der Waals surface area contributed by atoms with E-state index in [1.165, 1.54) is 38.5 Å². The molecule has 2 fully saturated rings. The van der Waals surface area contributed by atoms with Gasteiger partial charge in [-0.3, -0.25) is 0 Å². The van der Waals surface area contributed by atoms with E-state index in [0.717, 1.165) is 32.1 Å². The zero-order chi connectivity index (χ0) is 12.8. The molecule has 0 aromatic rings. The van der Waals surface area contributed by atoms with Gasteiger partial charge >= 0.3 is 0 Å². The van der Waals surface area contributed by atoms with Crippen molar-refractivity contribution in [3.05, 3.63) is 0 Å². The summed E-state index contributed by atoms with van der Waals surface area (Å²) in [4.78, 5) is 0. The van der Waals surface area contributed by atoms with Gasteiger partial charge in [-0.2, -0.15) is 0 Å². The smallest absolute Gasteiger partial charge is 0.0835 e. The zero-order valence-corrected chi connectivity index (χ0v) is 12.0. The zero-order valence-electron chi connectivity index (χ0n) is 12.0. The molecular formula is C15H29NO2. The molecule has 106 valence electrons. The molecule has 3 nitrogen and oxygen atoms in total. The van der Waals surface area contributed by atoms with Crippen molar-refractivity contribution in [1.82, 2.24) is 5.32 Å². The average molecular weight is 255 g/mol. The van der Waals surface area contributed by atoms with E-state index < -0.39 is 0 Å². The largest absolute Gasteiger partial charge is 0.385 e. The predicted octanol–water partition coefficient (Wildman–Crippen LogP) is 2.74. The van der Waals surface area contributed by atoms with Crippen LogP contribution in [0.2, 0.25) is 0 Å². The molecule has 0 bridgehead atoms. The van der Waals surface area contributed by atoms with Crippen LogP contribution in [0.3, 0.4) is 0 Å². The van der Waals surface area contributed by atoms with Crippen molar-refractivity contribution >= 4 is 0 Å². The standard InChI is InChI=1S/C15H29NO2/c1-13-5-3-8-15(9-7-13)14(6-4-11-17-2)16-10-12-18-15/h13-14,16H,3-12H2,1-2H3. The molecule has 1 heterocycles. The van der Waals surface area contributed by atoms with Crippen molar-refractivity contribution in [2.45, 2.75) is 63.5 Å². The second kappa shape index (κ2) is 6.88. The lowest BCUT2D eigenvalue weighted by Crippen LogP contribution is -2.57. The van der Waals surface area contributed by atoms with Crippen LogP contribution >= 0.6 is 0 Å². The van der Waals surface area contributed by atoms with E-state index in [2.05, 4.69) is 12.2 Å². The van der Waals surface area contributed by atoms with Gasteiger partial charge in [0.2, 0.25) is 0 Å². The third-order valence-electron chi connectivity index (χ3n) is 4.72. The Bertz CT molecular complexity index is 247. The minimum atomic E-state index is 0.122. The molecule has 2 aliphatic rings. The first-order chi connectivity index (χ1) is 8.77. The van der Waals surface area contributed by atoms with Gasteiger partial charge in [0.15, 0.2) is 0 Å². The van der Waals surface area contributed by atoms with E-state index in [-0.39, 0.29) is 5.60 Å². The van der Waals surface area contributed by atoms with Crippen LogP contribution in [0.5, 0.6) is 0 Å². The fourth-order valence-electron chi connectivity index (χ4n) is 3.57. The highest BCUT2D eigenvalue weighted by molar-refractivity contribution is 4.97. The Morgan fingerprint density at radius 2 is 2.22 bits per heavy atom. The molecule has 2 rings (SSSR count). The maximum absolute atomic E-state index is 6.27. The summed E-state index contributed by atoms with van der Waals surface area (Å²) in [6.45, 7) is 5.14. The monoisotopic (exact) mass is 255 g/mol. The average Bonchev–Trinajstić information content (AvgIpc) is 2.56. The first kappa shape index (κ1) is 14.3. The summed E-state index contributed by atoms with van der Waals surface area (Å²) >= 11 is 0. The number of ether oxygens (including phenoxy) is 2. The minimum absolute atomic E-state index is 0.122. The Balaban J connectivity index is 1.96. The molecule has 1 saturated heterocycles. The van der Waals surface area contributed by atoms with Gasteiger partial charge in [0, 0.05) is 26.3 Å². The molecule has 0 aromatic heterocycles. The highest BCUT2D eigenvalue weighted by Gasteiger charge is 2.42. The maximum atomic E-state index is 6.27. The van der Waals surface area contributed by atoms with Gasteiger partial charge in [0.1, 0.15) is 0 Å². The van der Waals surface area contributed by atoms with E-state index >= 15 is 0 Å². The van der Waals surface area contributed by atoms with E-state index in [9.17, 15) is 0 Å². The number of hydrogen-bond donors (Lipinski definition) is 1. The first-order valence-electron chi connectivity index (χ1n) is 7.63. The van der Waals surface area contributed by atoms with Crippen LogP contribution in [-0.4, -0.2) is 38.5 Å². The molecule has 1 spiro atoms. The Labute approximate surface area is 112 Å². The second-order valence-electron chi connectivity index (χ2n) is 6.09. The summed E-state index contributed by atoms with van der Waals surface area (Å²) in [6, 6.07) is 0.534. The van der Waals surface area contributed by atoms with Crippen LogP contribution in [0, 0.1) is 5.92 Å². The number of hydrogen-bond acceptors (Lipinski definition) is 3. The van der Waals surface area contributed by atoms with Crippen molar-refractivity contribution in [2.24, 2.45) is 5.92 Å². The summed E-state index contributed by atoms with van der Waals surface area (Å²) in [5.41, 5.74) is 0.122. The Hall–Kier alpha value is -0.120. The summed E-state index contributed by atoms with van der Waals surface area (Å²) in [5, 5.41) is 3.70. The van der Waals surface area contributed by atoms with Crippen LogP contribution in [0.25, 0.3) is 0 Å².